The monoisotopic (exact) mass is 282 g/mol. The molecule has 112 valence electrons. The van der Waals surface area contributed by atoms with Crippen molar-refractivity contribution in [2.45, 2.75) is 32.1 Å². The van der Waals surface area contributed by atoms with Gasteiger partial charge >= 0.3 is 0 Å². The highest BCUT2D eigenvalue weighted by Crippen LogP contribution is 2.10. The van der Waals surface area contributed by atoms with E-state index in [1.54, 1.807) is 0 Å². The summed E-state index contributed by atoms with van der Waals surface area (Å²) in [7, 11) is 0. The molecule has 1 heterocycles. The predicted molar refractivity (Wildman–Crippen MR) is 77.8 cm³/mol. The molecule has 1 fully saturated rings. The summed E-state index contributed by atoms with van der Waals surface area (Å²) in [5.41, 5.74) is 0.579. The Morgan fingerprint density at radius 2 is 1.85 bits per heavy atom. The van der Waals surface area contributed by atoms with Crippen molar-refractivity contribution in [3.63, 3.8) is 0 Å². The summed E-state index contributed by atoms with van der Waals surface area (Å²) >= 11 is 0. The molecule has 4 heteroatoms. The number of nitrogens with zero attached hydrogens (tertiary/aromatic N) is 1. The van der Waals surface area contributed by atoms with E-state index < -0.39 is 11.6 Å². The van der Waals surface area contributed by atoms with E-state index in [0.29, 0.717) is 12.0 Å². The van der Waals surface area contributed by atoms with Crippen molar-refractivity contribution in [3.05, 3.63) is 35.4 Å². The van der Waals surface area contributed by atoms with Crippen LogP contribution in [0.3, 0.4) is 0 Å². The average molecular weight is 282 g/mol. The molecule has 2 rings (SSSR count). The van der Waals surface area contributed by atoms with Crippen molar-refractivity contribution < 1.29 is 8.78 Å². The molecule has 0 bridgehead atoms. The summed E-state index contributed by atoms with van der Waals surface area (Å²) in [6.45, 7) is 5.32. The first-order valence-corrected chi connectivity index (χ1v) is 7.63. The lowest BCUT2D eigenvalue weighted by molar-refractivity contribution is 0.226. The third-order valence-electron chi connectivity index (χ3n) is 3.86. The van der Waals surface area contributed by atoms with E-state index in [9.17, 15) is 8.78 Å². The Morgan fingerprint density at radius 3 is 2.60 bits per heavy atom. The highest BCUT2D eigenvalue weighted by Gasteiger charge is 2.08. The van der Waals surface area contributed by atoms with Crippen molar-refractivity contribution in [2.75, 3.05) is 32.7 Å². The van der Waals surface area contributed by atoms with E-state index in [0.717, 1.165) is 32.1 Å². The summed E-state index contributed by atoms with van der Waals surface area (Å²) in [6, 6.07) is 3.79. The molecule has 1 aromatic carbocycles. The molecule has 0 aromatic heterocycles. The van der Waals surface area contributed by atoms with Crippen LogP contribution in [0.25, 0.3) is 0 Å². The third-order valence-corrected chi connectivity index (χ3v) is 3.86. The summed E-state index contributed by atoms with van der Waals surface area (Å²) < 4.78 is 26.1. The normalized spacial score (nSPS) is 16.5. The SMILES string of the molecule is Fc1ccc(CCNCCCN2CCCCC2)c(F)c1. The van der Waals surface area contributed by atoms with Crippen LogP contribution in [0.5, 0.6) is 0 Å². The van der Waals surface area contributed by atoms with Crippen LogP contribution in [0, 0.1) is 11.6 Å². The van der Waals surface area contributed by atoms with E-state index in [1.165, 1.54) is 44.5 Å². The van der Waals surface area contributed by atoms with Crippen LogP contribution in [0.4, 0.5) is 8.78 Å². The fourth-order valence-electron chi connectivity index (χ4n) is 2.68. The Balaban J connectivity index is 1.55. The van der Waals surface area contributed by atoms with Gasteiger partial charge in [0.1, 0.15) is 11.6 Å². The number of halogens is 2. The van der Waals surface area contributed by atoms with Gasteiger partial charge in [0.15, 0.2) is 0 Å². The van der Waals surface area contributed by atoms with E-state index in [-0.39, 0.29) is 0 Å². The van der Waals surface area contributed by atoms with Gasteiger partial charge in [0.05, 0.1) is 0 Å². The Morgan fingerprint density at radius 1 is 1.05 bits per heavy atom. The second-order valence-electron chi connectivity index (χ2n) is 5.49. The second-order valence-corrected chi connectivity index (χ2v) is 5.49. The zero-order valence-electron chi connectivity index (χ0n) is 12.0. The van der Waals surface area contributed by atoms with Crippen molar-refractivity contribution in [1.82, 2.24) is 10.2 Å². The van der Waals surface area contributed by atoms with Crippen LogP contribution >= 0.6 is 0 Å². The van der Waals surface area contributed by atoms with Crippen molar-refractivity contribution in [3.8, 4) is 0 Å². The molecular formula is C16H24F2N2. The summed E-state index contributed by atoms with van der Waals surface area (Å²) in [5, 5.41) is 3.33. The molecule has 0 unspecified atom stereocenters. The highest BCUT2D eigenvalue weighted by atomic mass is 19.1. The fraction of sp³-hybridized carbons (Fsp3) is 0.625. The molecule has 0 aliphatic carbocycles. The maximum absolute atomic E-state index is 13.4. The number of nitrogens with one attached hydrogen (secondary N) is 1. The molecule has 1 N–H and O–H groups in total. The molecule has 0 atom stereocenters. The minimum absolute atomic E-state index is 0.444. The fourth-order valence-corrected chi connectivity index (χ4v) is 2.68. The first-order valence-electron chi connectivity index (χ1n) is 7.63. The Hall–Kier alpha value is -1.00. The van der Waals surface area contributed by atoms with Gasteiger partial charge in [0, 0.05) is 6.07 Å². The average Bonchev–Trinajstić information content (AvgIpc) is 2.46. The molecule has 20 heavy (non-hydrogen) atoms. The molecular weight excluding hydrogens is 258 g/mol. The van der Waals surface area contributed by atoms with E-state index in [1.807, 2.05) is 0 Å². The van der Waals surface area contributed by atoms with Gasteiger partial charge in [-0.15, -0.1) is 0 Å². The molecule has 0 radical (unpaired) electrons. The Kier molecular flexibility index (Phi) is 6.40. The Labute approximate surface area is 120 Å². The lowest BCUT2D eigenvalue weighted by Crippen LogP contribution is -2.32. The van der Waals surface area contributed by atoms with Gasteiger partial charge in [-0.2, -0.15) is 0 Å². The van der Waals surface area contributed by atoms with Crippen LogP contribution < -0.4 is 5.32 Å². The van der Waals surface area contributed by atoms with Crippen LogP contribution in [0.1, 0.15) is 31.2 Å². The van der Waals surface area contributed by atoms with Gasteiger partial charge in [0.2, 0.25) is 0 Å². The molecule has 1 aliphatic rings. The maximum atomic E-state index is 13.4. The lowest BCUT2D eigenvalue weighted by Gasteiger charge is -2.26. The zero-order chi connectivity index (χ0) is 14.2. The molecule has 1 aromatic rings. The number of hydrogen-bond donors (Lipinski definition) is 1. The largest absolute Gasteiger partial charge is 0.316 e. The quantitative estimate of drug-likeness (QED) is 0.774. The van der Waals surface area contributed by atoms with Gasteiger partial charge < -0.3 is 10.2 Å². The van der Waals surface area contributed by atoms with Crippen molar-refractivity contribution >= 4 is 0 Å². The van der Waals surface area contributed by atoms with E-state index in [2.05, 4.69) is 10.2 Å². The van der Waals surface area contributed by atoms with Crippen LogP contribution in [-0.2, 0) is 6.42 Å². The van der Waals surface area contributed by atoms with Crippen LogP contribution in [-0.4, -0.2) is 37.6 Å². The molecule has 2 nitrogen and oxygen atoms in total. The van der Waals surface area contributed by atoms with Crippen LogP contribution in [0.15, 0.2) is 18.2 Å². The standard InChI is InChI=1S/C16H24F2N2/c17-15-6-5-14(16(18)13-15)7-9-19-8-4-12-20-10-2-1-3-11-20/h5-6,13,19H,1-4,7-12H2. The predicted octanol–water partition coefficient (Wildman–Crippen LogP) is 2.97. The van der Waals surface area contributed by atoms with Gasteiger partial charge in [-0.05, 0) is 70.0 Å². The number of hydrogen-bond acceptors (Lipinski definition) is 2. The van der Waals surface area contributed by atoms with E-state index >= 15 is 0 Å². The number of rotatable bonds is 7. The smallest absolute Gasteiger partial charge is 0.129 e. The molecule has 0 spiro atoms. The van der Waals surface area contributed by atoms with Gasteiger partial charge in [-0.1, -0.05) is 12.5 Å². The van der Waals surface area contributed by atoms with Crippen LogP contribution in [0.2, 0.25) is 0 Å². The summed E-state index contributed by atoms with van der Waals surface area (Å²) in [4.78, 5) is 2.52. The molecule has 1 saturated heterocycles. The molecule has 1 aliphatic heterocycles. The first-order chi connectivity index (χ1) is 9.75. The van der Waals surface area contributed by atoms with Crippen molar-refractivity contribution in [2.24, 2.45) is 0 Å². The molecule has 0 amide bonds. The molecule has 0 saturated carbocycles. The van der Waals surface area contributed by atoms with Gasteiger partial charge in [-0.25, -0.2) is 8.78 Å². The number of piperidine rings is 1. The Bertz CT molecular complexity index is 403. The second kappa shape index (κ2) is 8.32. The lowest BCUT2D eigenvalue weighted by atomic mass is 10.1. The highest BCUT2D eigenvalue weighted by molar-refractivity contribution is 5.18. The first kappa shape index (κ1) is 15.4. The zero-order valence-corrected chi connectivity index (χ0v) is 12.0. The van der Waals surface area contributed by atoms with E-state index in [4.69, 9.17) is 0 Å². The summed E-state index contributed by atoms with van der Waals surface area (Å²) in [5.74, 6) is -0.958. The van der Waals surface area contributed by atoms with Crippen molar-refractivity contribution in [1.29, 1.82) is 0 Å². The van der Waals surface area contributed by atoms with Gasteiger partial charge in [-0.3, -0.25) is 0 Å². The summed E-state index contributed by atoms with van der Waals surface area (Å²) in [6.07, 6.45) is 5.77. The number of benzene rings is 1. The maximum Gasteiger partial charge on any atom is 0.129 e. The third kappa shape index (κ3) is 5.17. The minimum atomic E-state index is -0.513. The minimum Gasteiger partial charge on any atom is -0.316 e. The number of likely N-dealkylation sites (tertiary alicyclic amines) is 1. The topological polar surface area (TPSA) is 15.3 Å². The van der Waals surface area contributed by atoms with Gasteiger partial charge in [0.25, 0.3) is 0 Å².